The summed E-state index contributed by atoms with van der Waals surface area (Å²) in [5.41, 5.74) is 2.75. The van der Waals surface area contributed by atoms with Crippen molar-refractivity contribution < 1.29 is 0 Å². The van der Waals surface area contributed by atoms with Gasteiger partial charge in [0.05, 0.1) is 0 Å². The molecule has 3 rings (SSSR count). The number of rotatable bonds is 4. The number of benzene rings is 1. The molecule has 1 fully saturated rings. The highest BCUT2D eigenvalue weighted by Gasteiger charge is 2.30. The van der Waals surface area contributed by atoms with Gasteiger partial charge < -0.3 is 5.32 Å². The molecule has 1 heterocycles. The summed E-state index contributed by atoms with van der Waals surface area (Å²) in [6.07, 6.45) is 6.26. The van der Waals surface area contributed by atoms with E-state index in [1.807, 2.05) is 18.5 Å². The summed E-state index contributed by atoms with van der Waals surface area (Å²) in [7, 11) is 0. The molecule has 1 saturated carbocycles. The second-order valence-corrected chi connectivity index (χ2v) is 5.45. The maximum Gasteiger partial charge on any atom is 0.0315 e. The summed E-state index contributed by atoms with van der Waals surface area (Å²) < 4.78 is 0. The monoisotopic (exact) mass is 252 g/mol. The molecule has 0 spiro atoms. The standard InChI is InChI=1S/C17H20N2/c1-13(15-8-5-9-18-12-15)19-17-10-16(11-17)14-6-3-2-4-7-14/h2-9,12-13,16-17,19H,10-11H2,1H3/t13-,16?,17?/m1/s1. The van der Waals surface area contributed by atoms with Crippen molar-refractivity contribution in [1.82, 2.24) is 10.3 Å². The van der Waals surface area contributed by atoms with Gasteiger partial charge in [-0.05, 0) is 42.9 Å². The molecule has 19 heavy (non-hydrogen) atoms. The zero-order chi connectivity index (χ0) is 13.1. The SMILES string of the molecule is C[C@@H](NC1CC(c2ccccc2)C1)c1cccnc1. The fraction of sp³-hybridized carbons (Fsp3) is 0.353. The minimum atomic E-state index is 0.385. The first-order chi connectivity index (χ1) is 9.33. The molecule has 2 heteroatoms. The summed E-state index contributed by atoms with van der Waals surface area (Å²) in [5.74, 6) is 0.736. The van der Waals surface area contributed by atoms with Crippen LogP contribution in [0.4, 0.5) is 0 Å². The number of hydrogen-bond donors (Lipinski definition) is 1. The summed E-state index contributed by atoms with van der Waals surface area (Å²) >= 11 is 0. The van der Waals surface area contributed by atoms with Gasteiger partial charge in [-0.25, -0.2) is 0 Å². The van der Waals surface area contributed by atoms with Crippen molar-refractivity contribution in [3.63, 3.8) is 0 Å². The van der Waals surface area contributed by atoms with Crippen molar-refractivity contribution in [1.29, 1.82) is 0 Å². The lowest BCUT2D eigenvalue weighted by molar-refractivity contribution is 0.271. The van der Waals surface area contributed by atoms with Crippen molar-refractivity contribution >= 4 is 0 Å². The lowest BCUT2D eigenvalue weighted by atomic mass is 9.75. The van der Waals surface area contributed by atoms with Crippen LogP contribution in [-0.2, 0) is 0 Å². The smallest absolute Gasteiger partial charge is 0.0315 e. The Hall–Kier alpha value is -1.67. The van der Waals surface area contributed by atoms with E-state index in [1.54, 1.807) is 0 Å². The van der Waals surface area contributed by atoms with E-state index >= 15 is 0 Å². The first kappa shape index (κ1) is 12.4. The van der Waals surface area contributed by atoms with Crippen LogP contribution in [0.1, 0.15) is 42.9 Å². The zero-order valence-electron chi connectivity index (χ0n) is 11.3. The van der Waals surface area contributed by atoms with Gasteiger partial charge in [0.15, 0.2) is 0 Å². The van der Waals surface area contributed by atoms with Gasteiger partial charge in [0.1, 0.15) is 0 Å². The predicted molar refractivity (Wildman–Crippen MR) is 78.0 cm³/mol. The highest BCUT2D eigenvalue weighted by atomic mass is 15.0. The molecule has 2 nitrogen and oxygen atoms in total. The molecule has 1 atom stereocenters. The Labute approximate surface area is 114 Å². The van der Waals surface area contributed by atoms with E-state index in [2.05, 4.69) is 53.6 Å². The van der Waals surface area contributed by atoms with Crippen molar-refractivity contribution in [2.75, 3.05) is 0 Å². The van der Waals surface area contributed by atoms with Gasteiger partial charge in [-0.3, -0.25) is 4.98 Å². The van der Waals surface area contributed by atoms with E-state index in [1.165, 1.54) is 24.0 Å². The van der Waals surface area contributed by atoms with E-state index in [0.717, 1.165) is 5.92 Å². The van der Waals surface area contributed by atoms with Crippen LogP contribution in [0.3, 0.4) is 0 Å². The number of nitrogens with one attached hydrogen (secondary N) is 1. The molecule has 1 aliphatic carbocycles. The van der Waals surface area contributed by atoms with Gasteiger partial charge >= 0.3 is 0 Å². The fourth-order valence-electron chi connectivity index (χ4n) is 2.83. The Morgan fingerprint density at radius 2 is 1.89 bits per heavy atom. The molecule has 0 aliphatic heterocycles. The maximum absolute atomic E-state index is 4.18. The minimum Gasteiger partial charge on any atom is -0.307 e. The molecular formula is C17H20N2. The Morgan fingerprint density at radius 1 is 1.11 bits per heavy atom. The number of hydrogen-bond acceptors (Lipinski definition) is 2. The van der Waals surface area contributed by atoms with E-state index in [4.69, 9.17) is 0 Å². The number of pyridine rings is 1. The van der Waals surface area contributed by atoms with Crippen LogP contribution in [0.25, 0.3) is 0 Å². The highest BCUT2D eigenvalue weighted by Crippen LogP contribution is 2.37. The molecule has 1 aromatic carbocycles. The quantitative estimate of drug-likeness (QED) is 0.898. The molecule has 1 aromatic heterocycles. The van der Waals surface area contributed by atoms with Crippen LogP contribution >= 0.6 is 0 Å². The van der Waals surface area contributed by atoms with Crippen molar-refractivity contribution in [2.24, 2.45) is 0 Å². The van der Waals surface area contributed by atoms with E-state index in [0.29, 0.717) is 12.1 Å². The predicted octanol–water partition coefficient (Wildman–Crippen LogP) is 3.68. The Kier molecular flexibility index (Phi) is 3.60. The lowest BCUT2D eigenvalue weighted by Gasteiger charge is -2.38. The van der Waals surface area contributed by atoms with Gasteiger partial charge in [-0.1, -0.05) is 36.4 Å². The summed E-state index contributed by atoms with van der Waals surface area (Å²) in [5, 5.41) is 3.69. The second-order valence-electron chi connectivity index (χ2n) is 5.45. The maximum atomic E-state index is 4.18. The fourth-order valence-corrected chi connectivity index (χ4v) is 2.83. The zero-order valence-corrected chi connectivity index (χ0v) is 11.3. The van der Waals surface area contributed by atoms with E-state index in [9.17, 15) is 0 Å². The van der Waals surface area contributed by atoms with E-state index in [-0.39, 0.29) is 0 Å². The van der Waals surface area contributed by atoms with Gasteiger partial charge in [0, 0.05) is 24.5 Å². The van der Waals surface area contributed by atoms with Gasteiger partial charge in [-0.2, -0.15) is 0 Å². The van der Waals surface area contributed by atoms with Gasteiger partial charge in [0.2, 0.25) is 0 Å². The van der Waals surface area contributed by atoms with Crippen molar-refractivity contribution in [2.45, 2.75) is 37.8 Å². The molecule has 0 radical (unpaired) electrons. The molecule has 1 aliphatic rings. The van der Waals surface area contributed by atoms with Crippen LogP contribution < -0.4 is 5.32 Å². The van der Waals surface area contributed by atoms with E-state index < -0.39 is 0 Å². The topological polar surface area (TPSA) is 24.9 Å². The summed E-state index contributed by atoms with van der Waals surface area (Å²) in [4.78, 5) is 4.18. The lowest BCUT2D eigenvalue weighted by Crippen LogP contribution is -2.41. The average molecular weight is 252 g/mol. The highest BCUT2D eigenvalue weighted by molar-refractivity contribution is 5.23. The molecule has 0 unspecified atom stereocenters. The Bertz CT molecular complexity index is 503. The van der Waals surface area contributed by atoms with Crippen molar-refractivity contribution in [3.05, 3.63) is 66.0 Å². The van der Waals surface area contributed by atoms with Crippen LogP contribution in [0, 0.1) is 0 Å². The largest absolute Gasteiger partial charge is 0.307 e. The van der Waals surface area contributed by atoms with Gasteiger partial charge in [-0.15, -0.1) is 0 Å². The third kappa shape index (κ3) is 2.85. The molecule has 2 aromatic rings. The first-order valence-corrected chi connectivity index (χ1v) is 7.04. The van der Waals surface area contributed by atoms with Crippen molar-refractivity contribution in [3.8, 4) is 0 Å². The van der Waals surface area contributed by atoms with Crippen LogP contribution in [0.2, 0.25) is 0 Å². The first-order valence-electron chi connectivity index (χ1n) is 7.04. The minimum absolute atomic E-state index is 0.385. The van der Waals surface area contributed by atoms with Crippen LogP contribution in [-0.4, -0.2) is 11.0 Å². The normalized spacial score (nSPS) is 23.6. The van der Waals surface area contributed by atoms with Gasteiger partial charge in [0.25, 0.3) is 0 Å². The molecule has 98 valence electrons. The number of aromatic nitrogens is 1. The molecule has 0 bridgehead atoms. The summed E-state index contributed by atoms with van der Waals surface area (Å²) in [6, 6.07) is 16.0. The third-order valence-electron chi connectivity index (χ3n) is 4.08. The second kappa shape index (κ2) is 5.54. The number of nitrogens with zero attached hydrogens (tertiary/aromatic N) is 1. The molecule has 0 saturated heterocycles. The van der Waals surface area contributed by atoms with Crippen LogP contribution in [0.15, 0.2) is 54.9 Å². The Morgan fingerprint density at radius 3 is 2.58 bits per heavy atom. The summed E-state index contributed by atoms with van der Waals surface area (Å²) in [6.45, 7) is 2.22. The molecule has 0 amide bonds. The average Bonchev–Trinajstić information content (AvgIpc) is 2.44. The molecule has 1 N–H and O–H groups in total. The third-order valence-corrected chi connectivity index (χ3v) is 4.08. The molecular weight excluding hydrogens is 232 g/mol. The Balaban J connectivity index is 1.52. The van der Waals surface area contributed by atoms with Crippen LogP contribution in [0.5, 0.6) is 0 Å².